The number of anilines is 3. The number of nitrogens with zero attached hydrogens (tertiary/aromatic N) is 2. The number of furan rings is 1. The Bertz CT molecular complexity index is 3450. The van der Waals surface area contributed by atoms with Gasteiger partial charge in [0, 0.05) is 55.3 Å². The van der Waals surface area contributed by atoms with Crippen LogP contribution in [0.5, 0.6) is 0 Å². The van der Waals surface area contributed by atoms with Crippen molar-refractivity contribution in [2.45, 2.75) is 19.3 Å². The molecule has 60 heavy (non-hydrogen) atoms. The fourth-order valence-corrected chi connectivity index (χ4v) is 9.86. The highest BCUT2D eigenvalue weighted by atomic mass is 16.3. The molecule has 1 aliphatic carbocycles. The Hall–Kier alpha value is -7.62. The summed E-state index contributed by atoms with van der Waals surface area (Å²) in [5, 5.41) is 4.67. The molecule has 284 valence electrons. The van der Waals surface area contributed by atoms with Gasteiger partial charge in [-0.15, -0.1) is 0 Å². The van der Waals surface area contributed by atoms with Gasteiger partial charge in [0.05, 0.1) is 11.0 Å². The second-order valence-electron chi connectivity index (χ2n) is 16.5. The predicted molar refractivity (Wildman–Crippen MR) is 251 cm³/mol. The Morgan fingerprint density at radius 2 is 1.03 bits per heavy atom. The first kappa shape index (κ1) is 34.4. The number of rotatable bonds is 6. The fraction of sp³-hybridized carbons (Fsp3) is 0.0526. The normalized spacial score (nSPS) is 13.0. The third kappa shape index (κ3) is 5.22. The van der Waals surface area contributed by atoms with E-state index in [-0.39, 0.29) is 5.41 Å². The second kappa shape index (κ2) is 13.2. The summed E-state index contributed by atoms with van der Waals surface area (Å²) in [6.07, 6.45) is 0. The Morgan fingerprint density at radius 3 is 1.87 bits per heavy atom. The highest BCUT2D eigenvalue weighted by Gasteiger charge is 2.35. The fourth-order valence-electron chi connectivity index (χ4n) is 9.86. The number of fused-ring (bicyclic) bond motifs is 9. The average Bonchev–Trinajstić information content (AvgIpc) is 3.92. The lowest BCUT2D eigenvalue weighted by molar-refractivity contribution is 0.660. The maximum atomic E-state index is 6.74. The van der Waals surface area contributed by atoms with Gasteiger partial charge in [-0.1, -0.05) is 147 Å². The summed E-state index contributed by atoms with van der Waals surface area (Å²) in [5.74, 6) is 0. The molecule has 0 saturated heterocycles. The van der Waals surface area contributed by atoms with E-state index < -0.39 is 0 Å². The van der Waals surface area contributed by atoms with E-state index in [1.807, 2.05) is 6.07 Å². The van der Waals surface area contributed by atoms with Crippen molar-refractivity contribution in [1.82, 2.24) is 4.57 Å². The molecule has 0 amide bonds. The first-order chi connectivity index (χ1) is 29.5. The van der Waals surface area contributed by atoms with Gasteiger partial charge in [-0.3, -0.25) is 0 Å². The summed E-state index contributed by atoms with van der Waals surface area (Å²) >= 11 is 0. The first-order valence-corrected chi connectivity index (χ1v) is 20.8. The molecule has 0 aliphatic heterocycles. The molecule has 12 rings (SSSR count). The quantitative estimate of drug-likeness (QED) is 0.168. The van der Waals surface area contributed by atoms with E-state index in [0.29, 0.717) is 0 Å². The lowest BCUT2D eigenvalue weighted by Gasteiger charge is -2.28. The molecule has 0 saturated carbocycles. The smallest absolute Gasteiger partial charge is 0.143 e. The maximum absolute atomic E-state index is 6.74. The van der Waals surface area contributed by atoms with Crippen LogP contribution in [0.2, 0.25) is 0 Å². The van der Waals surface area contributed by atoms with Crippen LogP contribution in [0.25, 0.3) is 82.8 Å². The molecule has 0 spiro atoms. The molecule has 9 aromatic carbocycles. The molecular weight excluding hydrogens is 729 g/mol. The summed E-state index contributed by atoms with van der Waals surface area (Å²) < 4.78 is 9.16. The minimum Gasteiger partial charge on any atom is -0.455 e. The van der Waals surface area contributed by atoms with Gasteiger partial charge in [-0.25, -0.2) is 0 Å². The van der Waals surface area contributed by atoms with Crippen molar-refractivity contribution in [3.8, 4) is 39.1 Å². The zero-order valence-corrected chi connectivity index (χ0v) is 33.4. The molecule has 0 fully saturated rings. The molecule has 0 N–H and O–H groups in total. The Kier molecular flexibility index (Phi) is 7.58. The summed E-state index contributed by atoms with van der Waals surface area (Å²) in [7, 11) is 0. The van der Waals surface area contributed by atoms with Crippen molar-refractivity contribution in [2.75, 3.05) is 4.90 Å². The molecule has 11 aromatic rings. The van der Waals surface area contributed by atoms with Crippen LogP contribution in [0.3, 0.4) is 0 Å². The third-order valence-electron chi connectivity index (χ3n) is 12.8. The van der Waals surface area contributed by atoms with Crippen LogP contribution in [-0.2, 0) is 5.41 Å². The topological polar surface area (TPSA) is 21.3 Å². The van der Waals surface area contributed by atoms with Gasteiger partial charge in [0.1, 0.15) is 11.2 Å². The van der Waals surface area contributed by atoms with Crippen LogP contribution >= 0.6 is 0 Å². The van der Waals surface area contributed by atoms with E-state index in [1.54, 1.807) is 0 Å². The highest BCUT2D eigenvalue weighted by Crippen LogP contribution is 2.51. The van der Waals surface area contributed by atoms with Crippen molar-refractivity contribution in [2.24, 2.45) is 0 Å². The molecule has 3 heteroatoms. The third-order valence-corrected chi connectivity index (χ3v) is 12.8. The van der Waals surface area contributed by atoms with Crippen molar-refractivity contribution < 1.29 is 4.42 Å². The van der Waals surface area contributed by atoms with Gasteiger partial charge >= 0.3 is 0 Å². The molecule has 0 radical (unpaired) electrons. The van der Waals surface area contributed by atoms with Crippen LogP contribution < -0.4 is 4.90 Å². The lowest BCUT2D eigenvalue weighted by atomic mass is 9.82. The van der Waals surface area contributed by atoms with Crippen molar-refractivity contribution in [3.63, 3.8) is 0 Å². The summed E-state index contributed by atoms with van der Waals surface area (Å²) in [6.45, 7) is 4.69. The predicted octanol–water partition coefficient (Wildman–Crippen LogP) is 15.8. The SMILES string of the molecule is CC1(C)c2ccccc2-c2ccc(N(c3ccccc3)c3ccc(-c4cc(-n5c6ccccc6c6cc(-c7ccccc7)ccc65)cc5c4oc4ccccc45)cc3)cc21. The number of benzene rings is 9. The van der Waals surface area contributed by atoms with E-state index in [2.05, 4.69) is 224 Å². The van der Waals surface area contributed by atoms with E-state index in [9.17, 15) is 0 Å². The van der Waals surface area contributed by atoms with Crippen LogP contribution in [0.15, 0.2) is 211 Å². The second-order valence-corrected chi connectivity index (χ2v) is 16.5. The van der Waals surface area contributed by atoms with Crippen molar-refractivity contribution >= 4 is 60.8 Å². The molecule has 1 aliphatic rings. The Balaban J connectivity index is 1.02. The minimum absolute atomic E-state index is 0.0995. The minimum atomic E-state index is -0.0995. The molecule has 0 unspecified atom stereocenters. The number of aromatic nitrogens is 1. The maximum Gasteiger partial charge on any atom is 0.143 e. The molecule has 2 aromatic heterocycles. The lowest BCUT2D eigenvalue weighted by Crippen LogP contribution is -2.16. The van der Waals surface area contributed by atoms with Crippen molar-refractivity contribution in [1.29, 1.82) is 0 Å². The van der Waals surface area contributed by atoms with Crippen molar-refractivity contribution in [3.05, 3.63) is 217 Å². The highest BCUT2D eigenvalue weighted by molar-refractivity contribution is 6.13. The van der Waals surface area contributed by atoms with Gasteiger partial charge in [-0.2, -0.15) is 0 Å². The number of para-hydroxylation sites is 3. The van der Waals surface area contributed by atoms with E-state index in [1.165, 1.54) is 55.2 Å². The zero-order valence-electron chi connectivity index (χ0n) is 33.4. The molecule has 3 nitrogen and oxygen atoms in total. The van der Waals surface area contributed by atoms with Gasteiger partial charge in [0.25, 0.3) is 0 Å². The first-order valence-electron chi connectivity index (χ1n) is 20.8. The largest absolute Gasteiger partial charge is 0.455 e. The van der Waals surface area contributed by atoms with Gasteiger partial charge in [0.15, 0.2) is 0 Å². The Labute approximate surface area is 349 Å². The Morgan fingerprint density at radius 1 is 0.400 bits per heavy atom. The van der Waals surface area contributed by atoms with E-state index >= 15 is 0 Å². The number of hydrogen-bond donors (Lipinski definition) is 0. The standard InChI is InChI=1S/C57H40N2O/c1-57(2)51-22-12-9-19-44(51)45-31-30-42(36-52(45)57)58(40-17-7-4-8-18-40)41-28-25-38(26-29-41)48-34-43(35-50-47-21-11-14-24-55(47)60-56(48)50)59-53-23-13-10-20-46(53)49-33-39(27-32-54(49)59)37-15-5-3-6-16-37/h3-36H,1-2H3. The van der Waals surface area contributed by atoms with Crippen LogP contribution in [0, 0.1) is 0 Å². The number of hydrogen-bond acceptors (Lipinski definition) is 2. The van der Waals surface area contributed by atoms with E-state index in [4.69, 9.17) is 4.42 Å². The molecule has 0 bridgehead atoms. The summed E-state index contributed by atoms with van der Waals surface area (Å²) in [4.78, 5) is 2.37. The molecule has 2 heterocycles. The zero-order chi connectivity index (χ0) is 40.0. The summed E-state index contributed by atoms with van der Waals surface area (Å²) in [6, 6.07) is 74.8. The average molecular weight is 769 g/mol. The van der Waals surface area contributed by atoms with Crippen LogP contribution in [0.4, 0.5) is 17.1 Å². The summed E-state index contributed by atoms with van der Waals surface area (Å²) in [5.41, 5.74) is 18.4. The van der Waals surface area contributed by atoms with Gasteiger partial charge in [-0.05, 0) is 112 Å². The molecular formula is C57H40N2O. The van der Waals surface area contributed by atoms with Crippen LogP contribution in [0.1, 0.15) is 25.0 Å². The monoisotopic (exact) mass is 768 g/mol. The van der Waals surface area contributed by atoms with Gasteiger partial charge in [0.2, 0.25) is 0 Å². The molecule has 0 atom stereocenters. The van der Waals surface area contributed by atoms with Gasteiger partial charge < -0.3 is 13.9 Å². The van der Waals surface area contributed by atoms with Crippen LogP contribution in [-0.4, -0.2) is 4.57 Å². The van der Waals surface area contributed by atoms with E-state index in [0.717, 1.165) is 55.8 Å².